The third-order valence-electron chi connectivity index (χ3n) is 8.55. The van der Waals surface area contributed by atoms with Crippen molar-refractivity contribution in [3.05, 3.63) is 120 Å². The van der Waals surface area contributed by atoms with Crippen molar-refractivity contribution in [3.8, 4) is 11.1 Å². The molecule has 1 unspecified atom stereocenters. The molecule has 6 nitrogen and oxygen atoms in total. The topological polar surface area (TPSA) is 64.7 Å². The van der Waals surface area contributed by atoms with Crippen molar-refractivity contribution < 1.29 is 22.8 Å². The normalized spacial score (nSPS) is 14.8. The number of piperidine rings is 1. The predicted molar refractivity (Wildman–Crippen MR) is 177 cm³/mol. The molecule has 1 aliphatic rings. The van der Waals surface area contributed by atoms with Gasteiger partial charge < -0.3 is 15.5 Å². The summed E-state index contributed by atoms with van der Waals surface area (Å²) in [6.45, 7) is 4.29. The first kappa shape index (κ1) is 32.8. The van der Waals surface area contributed by atoms with Crippen LogP contribution in [0.4, 0.5) is 24.5 Å². The summed E-state index contributed by atoms with van der Waals surface area (Å²) >= 11 is 0. The minimum atomic E-state index is -4.43. The summed E-state index contributed by atoms with van der Waals surface area (Å²) in [6, 6.07) is 29.2. The van der Waals surface area contributed by atoms with E-state index in [1.54, 1.807) is 24.3 Å². The van der Waals surface area contributed by atoms with Gasteiger partial charge in [-0.25, -0.2) is 0 Å². The van der Waals surface area contributed by atoms with Crippen LogP contribution in [0.1, 0.15) is 53.7 Å². The molecular weight excluding hydrogens is 589 g/mol. The molecule has 1 saturated heterocycles. The number of likely N-dealkylation sites (tertiary alicyclic amines) is 1. The highest BCUT2D eigenvalue weighted by Crippen LogP contribution is 2.33. The van der Waals surface area contributed by atoms with Gasteiger partial charge >= 0.3 is 6.18 Å². The summed E-state index contributed by atoms with van der Waals surface area (Å²) in [5.41, 5.74) is 3.34. The highest BCUT2D eigenvalue weighted by molar-refractivity contribution is 6.08. The highest BCUT2D eigenvalue weighted by atomic mass is 19.4. The lowest BCUT2D eigenvalue weighted by Gasteiger charge is -2.40. The van der Waals surface area contributed by atoms with Gasteiger partial charge in [0.2, 0.25) is 5.91 Å². The number of alkyl halides is 3. The molecule has 4 aromatic carbocycles. The van der Waals surface area contributed by atoms with Gasteiger partial charge in [0.15, 0.2) is 0 Å². The summed E-state index contributed by atoms with van der Waals surface area (Å²) in [5.74, 6) is -0.306. The van der Waals surface area contributed by atoms with E-state index in [9.17, 15) is 22.8 Å². The Labute approximate surface area is 268 Å². The van der Waals surface area contributed by atoms with Crippen LogP contribution in [0.15, 0.2) is 103 Å². The van der Waals surface area contributed by atoms with E-state index < -0.39 is 11.7 Å². The molecule has 5 rings (SSSR count). The lowest BCUT2D eigenvalue weighted by Crippen LogP contribution is -2.48. The second-order valence-electron chi connectivity index (χ2n) is 11.6. The largest absolute Gasteiger partial charge is 0.416 e. The van der Waals surface area contributed by atoms with Gasteiger partial charge in [-0.15, -0.1) is 0 Å². The molecule has 0 radical (unpaired) electrons. The van der Waals surface area contributed by atoms with E-state index in [0.29, 0.717) is 35.0 Å². The van der Waals surface area contributed by atoms with E-state index in [0.717, 1.165) is 55.7 Å². The van der Waals surface area contributed by atoms with Gasteiger partial charge in [-0.1, -0.05) is 67.6 Å². The number of carbonyl (C=O) groups is 2. The number of carbonyl (C=O) groups excluding carboxylic acids is 2. The summed E-state index contributed by atoms with van der Waals surface area (Å²) in [6.07, 6.45) is -1.73. The maximum absolute atomic E-state index is 13.3. The first-order valence-corrected chi connectivity index (χ1v) is 15.6. The van der Waals surface area contributed by atoms with Gasteiger partial charge in [0.25, 0.3) is 5.91 Å². The Morgan fingerprint density at radius 1 is 0.870 bits per heavy atom. The molecule has 0 aliphatic carbocycles. The Balaban J connectivity index is 1.21. The van der Waals surface area contributed by atoms with Crippen molar-refractivity contribution in [1.82, 2.24) is 10.2 Å². The molecule has 9 heteroatoms. The molecule has 0 bridgehead atoms. The molecule has 1 aliphatic heterocycles. The molecule has 4 aromatic rings. The molecule has 1 atom stereocenters. The molecule has 240 valence electrons. The Morgan fingerprint density at radius 2 is 1.50 bits per heavy atom. The van der Waals surface area contributed by atoms with Crippen LogP contribution in [0, 0.1) is 0 Å². The monoisotopic (exact) mass is 628 g/mol. The van der Waals surface area contributed by atoms with Gasteiger partial charge in [-0.2, -0.15) is 13.2 Å². The Bertz CT molecular complexity index is 1600. The molecule has 1 heterocycles. The van der Waals surface area contributed by atoms with Gasteiger partial charge in [-0.3, -0.25) is 14.5 Å². The number of rotatable bonds is 10. The van der Waals surface area contributed by atoms with E-state index in [2.05, 4.69) is 27.5 Å². The Morgan fingerprint density at radius 3 is 2.13 bits per heavy atom. The average Bonchev–Trinajstić information content (AvgIpc) is 3.08. The molecule has 2 amide bonds. The fraction of sp³-hybridized carbons (Fsp3) is 0.297. The van der Waals surface area contributed by atoms with Crippen molar-refractivity contribution in [2.75, 3.05) is 36.9 Å². The van der Waals surface area contributed by atoms with Crippen molar-refractivity contribution in [1.29, 1.82) is 0 Å². The zero-order chi connectivity index (χ0) is 32.7. The van der Waals surface area contributed by atoms with Crippen LogP contribution in [0.3, 0.4) is 0 Å². The van der Waals surface area contributed by atoms with Crippen LogP contribution < -0.4 is 15.5 Å². The van der Waals surface area contributed by atoms with E-state index in [-0.39, 0.29) is 17.9 Å². The molecule has 46 heavy (non-hydrogen) atoms. The van der Waals surface area contributed by atoms with Crippen LogP contribution in [0.25, 0.3) is 11.1 Å². The van der Waals surface area contributed by atoms with Crippen LogP contribution in [0.5, 0.6) is 0 Å². The van der Waals surface area contributed by atoms with Gasteiger partial charge in [0.05, 0.1) is 5.56 Å². The SMILES string of the molecule is CCCNC(=O)C(c1ccccc1)N1CCC(N(C)c2ccc(NC(=O)c3ccccc3-c3ccc(C(F)(F)F)cc3)cc2)CC1. The number of nitrogens with zero attached hydrogens (tertiary/aromatic N) is 2. The van der Waals surface area contributed by atoms with E-state index in [1.165, 1.54) is 12.1 Å². The van der Waals surface area contributed by atoms with E-state index in [1.807, 2.05) is 61.5 Å². The maximum atomic E-state index is 13.3. The standard InChI is InChI=1S/C37H39F3N4O2/c1-3-23-41-36(46)34(27-9-5-4-6-10-27)44-24-21-31(22-25-44)43(2)30-19-17-29(18-20-30)42-35(45)33-12-8-7-11-32(33)26-13-15-28(16-14-26)37(38,39)40/h4-20,31,34H,3,21-25H2,1-2H3,(H,41,46)(H,42,45). The van der Waals surface area contributed by atoms with Crippen LogP contribution >= 0.6 is 0 Å². The summed E-state index contributed by atoms with van der Waals surface area (Å²) < 4.78 is 39.1. The second-order valence-corrected chi connectivity index (χ2v) is 11.6. The van der Waals surface area contributed by atoms with Crippen LogP contribution in [-0.2, 0) is 11.0 Å². The summed E-state index contributed by atoms with van der Waals surface area (Å²) in [4.78, 5) is 30.9. The third kappa shape index (κ3) is 7.77. The minimum absolute atomic E-state index is 0.0412. The van der Waals surface area contributed by atoms with Crippen molar-refractivity contribution in [2.24, 2.45) is 0 Å². The number of halogens is 3. The molecule has 1 fully saturated rings. The number of nitrogens with one attached hydrogen (secondary N) is 2. The Kier molecular flexibility index (Phi) is 10.4. The lowest BCUT2D eigenvalue weighted by atomic mass is 9.97. The zero-order valence-electron chi connectivity index (χ0n) is 26.1. The third-order valence-corrected chi connectivity index (χ3v) is 8.55. The van der Waals surface area contributed by atoms with Crippen LogP contribution in [-0.4, -0.2) is 49.4 Å². The summed E-state index contributed by atoms with van der Waals surface area (Å²) in [5, 5.41) is 6.00. The first-order chi connectivity index (χ1) is 22.2. The molecule has 2 N–H and O–H groups in total. The molecular formula is C37H39F3N4O2. The van der Waals surface area contributed by atoms with Crippen molar-refractivity contribution >= 4 is 23.2 Å². The van der Waals surface area contributed by atoms with Crippen molar-refractivity contribution in [3.63, 3.8) is 0 Å². The quantitative estimate of drug-likeness (QED) is 0.188. The Hall–Kier alpha value is -4.63. The number of anilines is 2. The number of hydrogen-bond donors (Lipinski definition) is 2. The predicted octanol–water partition coefficient (Wildman–Crippen LogP) is 7.79. The van der Waals surface area contributed by atoms with E-state index >= 15 is 0 Å². The molecule has 0 spiro atoms. The number of hydrogen-bond acceptors (Lipinski definition) is 4. The first-order valence-electron chi connectivity index (χ1n) is 15.6. The average molecular weight is 629 g/mol. The van der Waals surface area contributed by atoms with E-state index in [4.69, 9.17) is 0 Å². The lowest BCUT2D eigenvalue weighted by molar-refractivity contribution is -0.137. The minimum Gasteiger partial charge on any atom is -0.372 e. The van der Waals surface area contributed by atoms with Gasteiger partial charge in [0, 0.05) is 49.7 Å². The highest BCUT2D eigenvalue weighted by Gasteiger charge is 2.32. The molecule has 0 aromatic heterocycles. The fourth-order valence-electron chi connectivity index (χ4n) is 6.00. The fourth-order valence-corrected chi connectivity index (χ4v) is 6.00. The van der Waals surface area contributed by atoms with Gasteiger partial charge in [0.1, 0.15) is 6.04 Å². The van der Waals surface area contributed by atoms with Crippen LogP contribution in [0.2, 0.25) is 0 Å². The maximum Gasteiger partial charge on any atom is 0.416 e. The smallest absolute Gasteiger partial charge is 0.372 e. The second kappa shape index (κ2) is 14.6. The number of amides is 2. The molecule has 0 saturated carbocycles. The summed E-state index contributed by atoms with van der Waals surface area (Å²) in [7, 11) is 2.07. The zero-order valence-corrected chi connectivity index (χ0v) is 26.1. The number of benzene rings is 4. The van der Waals surface area contributed by atoms with Gasteiger partial charge in [-0.05, 0) is 78.4 Å². The van der Waals surface area contributed by atoms with Crippen molar-refractivity contribution in [2.45, 2.75) is 44.4 Å².